The van der Waals surface area contributed by atoms with Gasteiger partial charge in [-0.3, -0.25) is 0 Å². The van der Waals surface area contributed by atoms with Crippen LogP contribution in [-0.2, 0) is 20.1 Å². The van der Waals surface area contributed by atoms with E-state index in [1.165, 1.54) is 16.7 Å². The van der Waals surface area contributed by atoms with Crippen LogP contribution in [0.25, 0.3) is 22.5 Å². The van der Waals surface area contributed by atoms with Crippen molar-refractivity contribution in [3.8, 4) is 22.5 Å². The molecule has 3 heteroatoms. The third-order valence-corrected chi connectivity index (χ3v) is 6.01. The van der Waals surface area contributed by atoms with Gasteiger partial charge in [0.2, 0.25) is 0 Å². The number of nitrogens with zero attached hydrogens (tertiary/aromatic N) is 2. The fourth-order valence-electron chi connectivity index (χ4n) is 3.97. The molecule has 0 aliphatic rings. The number of aromatic nitrogens is 2. The zero-order chi connectivity index (χ0) is 24.5. The van der Waals surface area contributed by atoms with E-state index >= 15 is 0 Å². The van der Waals surface area contributed by atoms with E-state index in [1.54, 1.807) is 0 Å². The fourth-order valence-corrected chi connectivity index (χ4v) is 3.97. The van der Waals surface area contributed by atoms with Gasteiger partial charge in [0, 0.05) is 32.5 Å². The maximum atomic E-state index is 4.45. The van der Waals surface area contributed by atoms with Crippen molar-refractivity contribution in [2.45, 2.75) is 32.6 Å². The third kappa shape index (κ3) is 7.07. The van der Waals surface area contributed by atoms with Crippen LogP contribution in [0.1, 0.15) is 49.3 Å². The van der Waals surface area contributed by atoms with Crippen molar-refractivity contribution in [2.24, 2.45) is 0 Å². The Balaban J connectivity index is 0.000000203. The smallest absolute Gasteiger partial charge is 0.0163 e. The zero-order valence-corrected chi connectivity index (χ0v) is 23.2. The first kappa shape index (κ1) is 27.2. The predicted octanol–water partition coefficient (Wildman–Crippen LogP) is 8.37. The standard InChI is InChI=1S/C19H16N.C14H14N.Ir/c1-15(16-9-3-2-4-10-16)17-11-5-6-12-18(17)19-13-7-8-14-20-19;1-11(2)13-8-9-15-14(10-13)12-6-4-3-5-7-12;/h2-11,13-15H,1H3;3-6,8-11H,1-2H3;/q2*-1;. The quantitative estimate of drug-likeness (QED) is 0.179. The minimum Gasteiger partial charge on any atom is -0.305 e. The summed E-state index contributed by atoms with van der Waals surface area (Å²) in [6, 6.07) is 41.3. The fraction of sp³-hybridized carbons (Fsp3) is 0.152. The molecule has 0 N–H and O–H groups in total. The van der Waals surface area contributed by atoms with Crippen LogP contribution in [0.5, 0.6) is 0 Å². The first-order chi connectivity index (χ1) is 17.1. The first-order valence-corrected chi connectivity index (χ1v) is 12.0. The summed E-state index contributed by atoms with van der Waals surface area (Å²) in [5.41, 5.74) is 8.01. The van der Waals surface area contributed by atoms with Crippen LogP contribution in [0.4, 0.5) is 0 Å². The van der Waals surface area contributed by atoms with E-state index in [-0.39, 0.29) is 20.1 Å². The average molecular weight is 647 g/mol. The molecule has 0 spiro atoms. The number of rotatable bonds is 5. The van der Waals surface area contributed by atoms with E-state index in [9.17, 15) is 0 Å². The zero-order valence-electron chi connectivity index (χ0n) is 20.9. The van der Waals surface area contributed by atoms with E-state index in [0.29, 0.717) is 11.8 Å². The molecule has 0 aliphatic carbocycles. The van der Waals surface area contributed by atoms with Gasteiger partial charge in [-0.2, -0.15) is 0 Å². The van der Waals surface area contributed by atoms with Crippen LogP contribution in [0, 0.1) is 12.1 Å². The molecule has 2 heterocycles. The minimum atomic E-state index is 0. The van der Waals surface area contributed by atoms with Crippen molar-refractivity contribution < 1.29 is 20.1 Å². The minimum absolute atomic E-state index is 0. The molecule has 1 unspecified atom stereocenters. The summed E-state index contributed by atoms with van der Waals surface area (Å²) < 4.78 is 0. The summed E-state index contributed by atoms with van der Waals surface area (Å²) in [6.45, 7) is 6.60. The van der Waals surface area contributed by atoms with Gasteiger partial charge in [-0.25, -0.2) is 0 Å². The Bertz CT molecular complexity index is 1320. The molecular weight excluding hydrogens is 617 g/mol. The molecule has 0 aliphatic heterocycles. The van der Waals surface area contributed by atoms with E-state index in [0.717, 1.165) is 22.5 Å². The Hall–Kier alpha value is -3.39. The number of hydrogen-bond acceptors (Lipinski definition) is 2. The van der Waals surface area contributed by atoms with Gasteiger partial charge in [-0.1, -0.05) is 74.9 Å². The normalized spacial score (nSPS) is 11.1. The maximum absolute atomic E-state index is 4.45. The monoisotopic (exact) mass is 647 g/mol. The van der Waals surface area contributed by atoms with Gasteiger partial charge in [-0.15, -0.1) is 71.3 Å². The van der Waals surface area contributed by atoms with Crippen LogP contribution >= 0.6 is 0 Å². The summed E-state index contributed by atoms with van der Waals surface area (Å²) in [7, 11) is 0. The predicted molar refractivity (Wildman–Crippen MR) is 145 cm³/mol. The summed E-state index contributed by atoms with van der Waals surface area (Å²) in [5, 5.41) is 0. The van der Waals surface area contributed by atoms with Gasteiger partial charge in [0.1, 0.15) is 0 Å². The number of benzene rings is 3. The molecule has 36 heavy (non-hydrogen) atoms. The molecule has 0 bridgehead atoms. The molecule has 0 fully saturated rings. The first-order valence-electron chi connectivity index (χ1n) is 12.0. The van der Waals surface area contributed by atoms with Crippen molar-refractivity contribution in [1.82, 2.24) is 9.97 Å². The topological polar surface area (TPSA) is 25.8 Å². The molecular formula is C33H30IrN2-2. The molecule has 2 nitrogen and oxygen atoms in total. The molecule has 0 amide bonds. The van der Waals surface area contributed by atoms with Crippen LogP contribution in [0.15, 0.2) is 116 Å². The molecule has 1 atom stereocenters. The summed E-state index contributed by atoms with van der Waals surface area (Å²) in [6.07, 6.45) is 3.69. The summed E-state index contributed by atoms with van der Waals surface area (Å²) in [5.74, 6) is 0.862. The van der Waals surface area contributed by atoms with E-state index in [2.05, 4.69) is 85.3 Å². The van der Waals surface area contributed by atoms with Crippen molar-refractivity contribution >= 4 is 0 Å². The van der Waals surface area contributed by atoms with Crippen molar-refractivity contribution in [1.29, 1.82) is 0 Å². The second-order valence-electron chi connectivity index (χ2n) is 8.75. The van der Waals surface area contributed by atoms with Gasteiger partial charge in [0.25, 0.3) is 0 Å². The van der Waals surface area contributed by atoms with Crippen LogP contribution < -0.4 is 0 Å². The Labute approximate surface area is 228 Å². The van der Waals surface area contributed by atoms with Gasteiger partial charge < -0.3 is 9.97 Å². The Kier molecular flexibility index (Phi) is 10.3. The van der Waals surface area contributed by atoms with Crippen molar-refractivity contribution in [2.75, 3.05) is 0 Å². The van der Waals surface area contributed by atoms with Crippen molar-refractivity contribution in [3.63, 3.8) is 0 Å². The van der Waals surface area contributed by atoms with Crippen molar-refractivity contribution in [3.05, 3.63) is 144 Å². The van der Waals surface area contributed by atoms with E-state index < -0.39 is 0 Å². The average Bonchev–Trinajstić information content (AvgIpc) is 2.94. The second kappa shape index (κ2) is 13.6. The maximum Gasteiger partial charge on any atom is 0.0163 e. The van der Waals surface area contributed by atoms with E-state index in [1.807, 2.05) is 73.1 Å². The molecule has 0 saturated heterocycles. The molecule has 183 valence electrons. The summed E-state index contributed by atoms with van der Waals surface area (Å²) in [4.78, 5) is 8.82. The van der Waals surface area contributed by atoms with Crippen LogP contribution in [0.3, 0.4) is 0 Å². The molecule has 3 aromatic carbocycles. The molecule has 2 aromatic heterocycles. The molecule has 0 saturated carbocycles. The van der Waals surface area contributed by atoms with Gasteiger partial charge >= 0.3 is 0 Å². The SMILES string of the molecule is CC(C)c1ccnc(-c2[c-]cccc2)c1.CC(c1ccccc1)c1ccc[c-]c1-c1ccccn1.[Ir]. The summed E-state index contributed by atoms with van der Waals surface area (Å²) >= 11 is 0. The third-order valence-electron chi connectivity index (χ3n) is 6.01. The van der Waals surface area contributed by atoms with Gasteiger partial charge in [0.15, 0.2) is 0 Å². The van der Waals surface area contributed by atoms with Crippen LogP contribution in [0.2, 0.25) is 0 Å². The largest absolute Gasteiger partial charge is 0.305 e. The Morgan fingerprint density at radius 3 is 2.03 bits per heavy atom. The molecule has 1 radical (unpaired) electrons. The van der Waals surface area contributed by atoms with Crippen LogP contribution in [-0.4, -0.2) is 9.97 Å². The molecule has 5 aromatic rings. The Morgan fingerprint density at radius 1 is 0.611 bits per heavy atom. The number of hydrogen-bond donors (Lipinski definition) is 0. The van der Waals surface area contributed by atoms with Gasteiger partial charge in [-0.05, 0) is 40.9 Å². The molecule has 5 rings (SSSR count). The van der Waals surface area contributed by atoms with Gasteiger partial charge in [0.05, 0.1) is 0 Å². The number of pyridine rings is 2. The second-order valence-corrected chi connectivity index (χ2v) is 8.75. The van der Waals surface area contributed by atoms with E-state index in [4.69, 9.17) is 0 Å². The Morgan fingerprint density at radius 2 is 1.33 bits per heavy atom.